The minimum Gasteiger partial charge on any atom is -0.350 e. The number of sulfonamides is 1. The van der Waals surface area contributed by atoms with Gasteiger partial charge in [-0.1, -0.05) is 39.7 Å². The predicted octanol–water partition coefficient (Wildman–Crippen LogP) is 4.51. The van der Waals surface area contributed by atoms with E-state index in [0.29, 0.717) is 10.7 Å². The van der Waals surface area contributed by atoms with Crippen molar-refractivity contribution in [3.8, 4) is 0 Å². The standard InChI is InChI=1S/C24H31BrClN3O4S/c1-16-13-20(11-12-21(16)25)29(34(6,32)33)15-22(30)28(14-18-7-9-19(26)10-8-18)17(2)23(31)27-24(3,4)5/h7-13,17H,14-15H2,1-6H3,(H,27,31). The van der Waals surface area contributed by atoms with Gasteiger partial charge in [0.2, 0.25) is 21.8 Å². The maximum atomic E-state index is 13.5. The van der Waals surface area contributed by atoms with Crippen LogP contribution >= 0.6 is 27.5 Å². The van der Waals surface area contributed by atoms with Crippen LogP contribution in [0.4, 0.5) is 5.69 Å². The van der Waals surface area contributed by atoms with Gasteiger partial charge in [-0.05, 0) is 76.1 Å². The van der Waals surface area contributed by atoms with E-state index in [1.54, 1.807) is 49.4 Å². The van der Waals surface area contributed by atoms with Crippen LogP contribution in [0.25, 0.3) is 0 Å². The lowest BCUT2D eigenvalue weighted by atomic mass is 10.1. The summed E-state index contributed by atoms with van der Waals surface area (Å²) in [6.45, 7) is 8.69. The Bertz CT molecular complexity index is 1150. The largest absolute Gasteiger partial charge is 0.350 e. The smallest absolute Gasteiger partial charge is 0.244 e. The summed E-state index contributed by atoms with van der Waals surface area (Å²) in [6, 6.07) is 11.2. The van der Waals surface area contributed by atoms with Crippen LogP contribution in [0.2, 0.25) is 5.02 Å². The van der Waals surface area contributed by atoms with Crippen molar-refractivity contribution in [2.24, 2.45) is 0 Å². The van der Waals surface area contributed by atoms with Gasteiger partial charge >= 0.3 is 0 Å². The Hall–Kier alpha value is -2.10. The van der Waals surface area contributed by atoms with Crippen molar-refractivity contribution < 1.29 is 18.0 Å². The molecule has 0 spiro atoms. The maximum Gasteiger partial charge on any atom is 0.244 e. The number of nitrogens with zero attached hydrogens (tertiary/aromatic N) is 2. The normalized spacial score (nSPS) is 12.7. The van der Waals surface area contributed by atoms with Crippen LogP contribution in [-0.4, -0.2) is 49.5 Å². The van der Waals surface area contributed by atoms with Gasteiger partial charge in [-0.2, -0.15) is 0 Å². The summed E-state index contributed by atoms with van der Waals surface area (Å²) >= 11 is 9.39. The highest BCUT2D eigenvalue weighted by molar-refractivity contribution is 9.10. The zero-order valence-electron chi connectivity index (χ0n) is 20.2. The summed E-state index contributed by atoms with van der Waals surface area (Å²) in [4.78, 5) is 27.8. The molecule has 1 atom stereocenters. The van der Waals surface area contributed by atoms with Gasteiger partial charge in [-0.25, -0.2) is 8.42 Å². The van der Waals surface area contributed by atoms with Gasteiger partial charge in [0.15, 0.2) is 0 Å². The second-order valence-corrected chi connectivity index (χ2v) is 12.5. The van der Waals surface area contributed by atoms with E-state index in [1.165, 1.54) is 4.90 Å². The number of hydrogen-bond donors (Lipinski definition) is 1. The number of benzene rings is 2. The van der Waals surface area contributed by atoms with Crippen LogP contribution in [0, 0.1) is 6.92 Å². The van der Waals surface area contributed by atoms with Crippen molar-refractivity contribution in [2.45, 2.75) is 52.7 Å². The number of rotatable bonds is 8. The predicted molar refractivity (Wildman–Crippen MR) is 140 cm³/mol. The Kier molecular flexibility index (Phi) is 9.18. The minimum atomic E-state index is -3.78. The molecule has 0 saturated heterocycles. The van der Waals surface area contributed by atoms with Gasteiger partial charge in [0.05, 0.1) is 11.9 Å². The molecule has 0 aromatic heterocycles. The number of hydrogen-bond acceptors (Lipinski definition) is 4. The van der Waals surface area contributed by atoms with Crippen LogP contribution in [0.15, 0.2) is 46.9 Å². The molecule has 2 amide bonds. The first-order chi connectivity index (χ1) is 15.6. The highest BCUT2D eigenvalue weighted by Gasteiger charge is 2.31. The van der Waals surface area contributed by atoms with E-state index in [9.17, 15) is 18.0 Å². The fraction of sp³-hybridized carbons (Fsp3) is 0.417. The lowest BCUT2D eigenvalue weighted by molar-refractivity contribution is -0.140. The molecule has 0 aliphatic heterocycles. The molecule has 2 rings (SSSR count). The van der Waals surface area contributed by atoms with Crippen molar-refractivity contribution in [1.82, 2.24) is 10.2 Å². The Morgan fingerprint density at radius 3 is 2.21 bits per heavy atom. The van der Waals surface area contributed by atoms with Crippen molar-refractivity contribution in [3.63, 3.8) is 0 Å². The molecule has 10 heteroatoms. The number of halogens is 2. The molecule has 1 unspecified atom stereocenters. The Morgan fingerprint density at radius 1 is 1.12 bits per heavy atom. The van der Waals surface area contributed by atoms with E-state index in [1.807, 2.05) is 27.7 Å². The molecule has 34 heavy (non-hydrogen) atoms. The third-order valence-corrected chi connectivity index (χ3v) is 7.32. The minimum absolute atomic E-state index is 0.117. The number of carbonyl (C=O) groups excluding carboxylic acids is 2. The lowest BCUT2D eigenvalue weighted by Gasteiger charge is -2.33. The molecule has 0 radical (unpaired) electrons. The SMILES string of the molecule is Cc1cc(N(CC(=O)N(Cc2ccc(Cl)cc2)C(C)C(=O)NC(C)(C)C)S(C)(=O)=O)ccc1Br. The fourth-order valence-electron chi connectivity index (χ4n) is 3.24. The van der Waals surface area contributed by atoms with Gasteiger partial charge in [-0.3, -0.25) is 13.9 Å². The topological polar surface area (TPSA) is 86.8 Å². The highest BCUT2D eigenvalue weighted by Crippen LogP contribution is 2.25. The van der Waals surface area contributed by atoms with Crippen molar-refractivity contribution in [3.05, 3.63) is 63.1 Å². The molecule has 0 heterocycles. The summed E-state index contributed by atoms with van der Waals surface area (Å²) in [5.41, 5.74) is 1.47. The van der Waals surface area contributed by atoms with E-state index in [2.05, 4.69) is 21.2 Å². The van der Waals surface area contributed by atoms with Crippen molar-refractivity contribution in [1.29, 1.82) is 0 Å². The summed E-state index contributed by atoms with van der Waals surface area (Å²) in [5, 5.41) is 3.44. The number of aryl methyl sites for hydroxylation is 1. The van der Waals surface area contributed by atoms with Crippen LogP contribution in [0.3, 0.4) is 0 Å². The molecule has 0 aliphatic rings. The van der Waals surface area contributed by atoms with Gasteiger partial charge in [0.25, 0.3) is 0 Å². The van der Waals surface area contributed by atoms with Gasteiger partial charge in [-0.15, -0.1) is 0 Å². The summed E-state index contributed by atoms with van der Waals surface area (Å²) < 4.78 is 27.1. The van der Waals surface area contributed by atoms with E-state index < -0.39 is 34.1 Å². The molecule has 1 N–H and O–H groups in total. The molecule has 0 saturated carbocycles. The Morgan fingerprint density at radius 2 is 1.71 bits per heavy atom. The molecule has 7 nitrogen and oxygen atoms in total. The molecule has 186 valence electrons. The Balaban J connectivity index is 2.41. The highest BCUT2D eigenvalue weighted by atomic mass is 79.9. The summed E-state index contributed by atoms with van der Waals surface area (Å²) in [7, 11) is -3.78. The van der Waals surface area contributed by atoms with E-state index in [0.717, 1.165) is 26.2 Å². The molecule has 2 aromatic rings. The third-order valence-electron chi connectivity index (χ3n) is 5.04. The van der Waals surface area contributed by atoms with Gasteiger partial charge in [0.1, 0.15) is 12.6 Å². The monoisotopic (exact) mass is 571 g/mol. The molecular formula is C24H31BrClN3O4S. The number of amides is 2. The van der Waals surface area contributed by atoms with Crippen LogP contribution in [0.5, 0.6) is 0 Å². The molecule has 2 aromatic carbocycles. The molecular weight excluding hydrogens is 542 g/mol. The summed E-state index contributed by atoms with van der Waals surface area (Å²) in [6.07, 6.45) is 1.05. The first-order valence-corrected chi connectivity index (χ1v) is 13.7. The third kappa shape index (κ3) is 7.99. The van der Waals surface area contributed by atoms with Gasteiger partial charge < -0.3 is 10.2 Å². The van der Waals surface area contributed by atoms with Crippen LogP contribution in [0.1, 0.15) is 38.8 Å². The number of anilines is 1. The zero-order chi connectivity index (χ0) is 25.8. The maximum absolute atomic E-state index is 13.5. The first-order valence-electron chi connectivity index (χ1n) is 10.7. The van der Waals surface area contributed by atoms with E-state index in [4.69, 9.17) is 11.6 Å². The average Bonchev–Trinajstić information content (AvgIpc) is 2.71. The van der Waals surface area contributed by atoms with E-state index >= 15 is 0 Å². The second-order valence-electron chi connectivity index (χ2n) is 9.27. The molecule has 0 bridgehead atoms. The van der Waals surface area contributed by atoms with Crippen LogP contribution < -0.4 is 9.62 Å². The van der Waals surface area contributed by atoms with Gasteiger partial charge in [0, 0.05) is 21.6 Å². The molecule has 0 aliphatic carbocycles. The Labute approximate surface area is 215 Å². The first kappa shape index (κ1) is 28.1. The van der Waals surface area contributed by atoms with E-state index in [-0.39, 0.29) is 12.5 Å². The quantitative estimate of drug-likeness (QED) is 0.504. The lowest BCUT2D eigenvalue weighted by Crippen LogP contribution is -2.54. The van der Waals surface area contributed by atoms with Crippen LogP contribution in [-0.2, 0) is 26.2 Å². The average molecular weight is 573 g/mol. The summed E-state index contributed by atoms with van der Waals surface area (Å²) in [5.74, 6) is -0.835. The fourth-order valence-corrected chi connectivity index (χ4v) is 4.45. The number of nitrogens with one attached hydrogen (secondary N) is 1. The van der Waals surface area contributed by atoms with Crippen molar-refractivity contribution in [2.75, 3.05) is 17.1 Å². The second kappa shape index (κ2) is 11.1. The van der Waals surface area contributed by atoms with Crippen molar-refractivity contribution >= 4 is 55.1 Å². The zero-order valence-corrected chi connectivity index (χ0v) is 23.4. The molecule has 0 fully saturated rings. The number of carbonyl (C=O) groups is 2.